The second kappa shape index (κ2) is 4.65. The van der Waals surface area contributed by atoms with Gasteiger partial charge >= 0.3 is 0 Å². The lowest BCUT2D eigenvalue weighted by Gasteiger charge is -2.47. The lowest BCUT2D eigenvalue weighted by molar-refractivity contribution is 0.311. The van der Waals surface area contributed by atoms with Crippen molar-refractivity contribution in [3.05, 3.63) is 30.1 Å². The van der Waals surface area contributed by atoms with E-state index in [-0.39, 0.29) is 11.4 Å². The predicted octanol–water partition coefficient (Wildman–Crippen LogP) is 2.79. The van der Waals surface area contributed by atoms with Gasteiger partial charge in [-0.1, -0.05) is 12.1 Å². The number of nitrogens with one attached hydrogen (secondary N) is 1. The van der Waals surface area contributed by atoms with Crippen LogP contribution in [0.1, 0.15) is 26.7 Å². The molecule has 1 heterocycles. The zero-order chi connectivity index (χ0) is 12.5. The Morgan fingerprint density at radius 1 is 1.35 bits per heavy atom. The van der Waals surface area contributed by atoms with Gasteiger partial charge in [0.2, 0.25) is 0 Å². The molecule has 1 saturated heterocycles. The van der Waals surface area contributed by atoms with Crippen LogP contribution < -0.4 is 10.2 Å². The van der Waals surface area contributed by atoms with E-state index >= 15 is 0 Å². The summed E-state index contributed by atoms with van der Waals surface area (Å²) in [5, 5.41) is 3.30. The lowest BCUT2D eigenvalue weighted by Crippen LogP contribution is -2.55. The van der Waals surface area contributed by atoms with Gasteiger partial charge < -0.3 is 10.2 Å². The number of nitrogens with zero attached hydrogens (tertiary/aromatic N) is 1. The second-order valence-electron chi connectivity index (χ2n) is 5.40. The minimum Gasteiger partial charge on any atom is -0.362 e. The third-order valence-corrected chi connectivity index (χ3v) is 3.79. The first kappa shape index (κ1) is 12.4. The largest absolute Gasteiger partial charge is 0.362 e. The van der Waals surface area contributed by atoms with Crippen molar-refractivity contribution >= 4 is 5.69 Å². The number of halogens is 1. The van der Waals surface area contributed by atoms with E-state index in [4.69, 9.17) is 0 Å². The molecule has 17 heavy (non-hydrogen) atoms. The van der Waals surface area contributed by atoms with Gasteiger partial charge in [0.1, 0.15) is 5.82 Å². The van der Waals surface area contributed by atoms with Crippen LogP contribution >= 0.6 is 0 Å². The van der Waals surface area contributed by atoms with E-state index in [1.165, 1.54) is 6.07 Å². The molecule has 1 fully saturated rings. The van der Waals surface area contributed by atoms with Crippen LogP contribution in [0, 0.1) is 5.82 Å². The number of hydrogen-bond donors (Lipinski definition) is 1. The molecule has 1 aromatic carbocycles. The standard InChI is InChI=1S/C14H21FN2/c1-14(2)9-8-11(16-3)10-17(14)13-7-5-4-6-12(13)15/h4-7,11,16H,8-10H2,1-3H3. The van der Waals surface area contributed by atoms with Crippen molar-refractivity contribution in [3.63, 3.8) is 0 Å². The van der Waals surface area contributed by atoms with Gasteiger partial charge in [0.15, 0.2) is 0 Å². The van der Waals surface area contributed by atoms with Gasteiger partial charge in [0.05, 0.1) is 5.69 Å². The van der Waals surface area contributed by atoms with E-state index in [1.807, 2.05) is 19.2 Å². The summed E-state index contributed by atoms with van der Waals surface area (Å²) >= 11 is 0. The van der Waals surface area contributed by atoms with E-state index in [2.05, 4.69) is 24.1 Å². The Bertz CT molecular complexity index is 390. The minimum absolute atomic E-state index is 0.0234. The predicted molar refractivity (Wildman–Crippen MR) is 69.9 cm³/mol. The van der Waals surface area contributed by atoms with Crippen LogP contribution in [-0.2, 0) is 0 Å². The van der Waals surface area contributed by atoms with Crippen LogP contribution in [-0.4, -0.2) is 25.2 Å². The van der Waals surface area contributed by atoms with E-state index in [9.17, 15) is 4.39 Å². The Balaban J connectivity index is 2.30. The zero-order valence-electron chi connectivity index (χ0n) is 10.8. The van der Waals surface area contributed by atoms with Crippen LogP contribution in [0.5, 0.6) is 0 Å². The Morgan fingerprint density at radius 2 is 2.06 bits per heavy atom. The van der Waals surface area contributed by atoms with Gasteiger partial charge in [-0.05, 0) is 45.9 Å². The first-order valence-corrected chi connectivity index (χ1v) is 6.24. The van der Waals surface area contributed by atoms with Crippen molar-refractivity contribution < 1.29 is 4.39 Å². The Kier molecular flexibility index (Phi) is 3.38. The number of piperidine rings is 1. The molecule has 1 N–H and O–H groups in total. The highest BCUT2D eigenvalue weighted by molar-refractivity contribution is 5.50. The van der Waals surface area contributed by atoms with E-state index in [0.717, 1.165) is 25.1 Å². The highest BCUT2D eigenvalue weighted by Gasteiger charge is 2.34. The van der Waals surface area contributed by atoms with Crippen molar-refractivity contribution in [2.24, 2.45) is 0 Å². The van der Waals surface area contributed by atoms with Gasteiger partial charge in [-0.15, -0.1) is 0 Å². The Morgan fingerprint density at radius 3 is 2.71 bits per heavy atom. The SMILES string of the molecule is CNC1CCC(C)(C)N(c2ccccc2F)C1. The quantitative estimate of drug-likeness (QED) is 0.849. The van der Waals surface area contributed by atoms with Crippen LogP contribution in [0.2, 0.25) is 0 Å². The molecule has 0 saturated carbocycles. The molecule has 0 spiro atoms. The molecule has 1 atom stereocenters. The van der Waals surface area contributed by atoms with Crippen molar-refractivity contribution in [2.45, 2.75) is 38.3 Å². The summed E-state index contributed by atoms with van der Waals surface area (Å²) in [4.78, 5) is 2.19. The normalized spacial score (nSPS) is 23.8. The van der Waals surface area contributed by atoms with Gasteiger partial charge in [-0.3, -0.25) is 0 Å². The van der Waals surface area contributed by atoms with Crippen LogP contribution in [0.3, 0.4) is 0 Å². The van der Waals surface area contributed by atoms with Crippen molar-refractivity contribution in [1.82, 2.24) is 5.32 Å². The number of rotatable bonds is 2. The fourth-order valence-corrected chi connectivity index (χ4v) is 2.55. The van der Waals surface area contributed by atoms with Crippen molar-refractivity contribution in [2.75, 3.05) is 18.5 Å². The first-order valence-electron chi connectivity index (χ1n) is 6.24. The molecule has 0 aliphatic carbocycles. The molecule has 3 heteroatoms. The van der Waals surface area contributed by atoms with Gasteiger partial charge in [0.25, 0.3) is 0 Å². The molecular formula is C14H21FN2. The molecule has 2 rings (SSSR count). The third-order valence-electron chi connectivity index (χ3n) is 3.79. The minimum atomic E-state index is -0.127. The molecule has 0 radical (unpaired) electrons. The summed E-state index contributed by atoms with van der Waals surface area (Å²) in [6, 6.07) is 7.49. The average molecular weight is 236 g/mol. The Labute approximate surface area is 103 Å². The molecule has 0 bridgehead atoms. The smallest absolute Gasteiger partial charge is 0.146 e. The van der Waals surface area contributed by atoms with Crippen LogP contribution in [0.4, 0.5) is 10.1 Å². The van der Waals surface area contributed by atoms with E-state index in [1.54, 1.807) is 6.07 Å². The topological polar surface area (TPSA) is 15.3 Å². The third kappa shape index (κ3) is 2.44. The summed E-state index contributed by atoms with van der Waals surface area (Å²) < 4.78 is 13.9. The van der Waals surface area contributed by atoms with Crippen molar-refractivity contribution in [3.8, 4) is 0 Å². The fraction of sp³-hybridized carbons (Fsp3) is 0.571. The zero-order valence-corrected chi connectivity index (χ0v) is 10.8. The number of benzene rings is 1. The summed E-state index contributed by atoms with van der Waals surface area (Å²) in [5.41, 5.74) is 0.743. The summed E-state index contributed by atoms with van der Waals surface area (Å²) in [6.07, 6.45) is 2.22. The highest BCUT2D eigenvalue weighted by atomic mass is 19.1. The Hall–Kier alpha value is -1.09. The second-order valence-corrected chi connectivity index (χ2v) is 5.40. The number of para-hydroxylation sites is 1. The molecule has 1 aliphatic heterocycles. The first-order chi connectivity index (χ1) is 8.04. The molecule has 94 valence electrons. The monoisotopic (exact) mass is 236 g/mol. The number of anilines is 1. The van der Waals surface area contributed by atoms with Crippen LogP contribution in [0.25, 0.3) is 0 Å². The van der Waals surface area contributed by atoms with Crippen molar-refractivity contribution in [1.29, 1.82) is 0 Å². The maximum Gasteiger partial charge on any atom is 0.146 e. The fourth-order valence-electron chi connectivity index (χ4n) is 2.55. The molecule has 2 nitrogen and oxygen atoms in total. The summed E-state index contributed by atoms with van der Waals surface area (Å²) in [5.74, 6) is -0.127. The highest BCUT2D eigenvalue weighted by Crippen LogP contribution is 2.33. The summed E-state index contributed by atoms with van der Waals surface area (Å²) in [7, 11) is 1.97. The molecular weight excluding hydrogens is 215 g/mol. The average Bonchev–Trinajstić information content (AvgIpc) is 2.30. The van der Waals surface area contributed by atoms with E-state index in [0.29, 0.717) is 6.04 Å². The molecule has 1 unspecified atom stereocenters. The maximum atomic E-state index is 13.9. The van der Waals surface area contributed by atoms with Gasteiger partial charge in [-0.2, -0.15) is 0 Å². The molecule has 1 aliphatic rings. The maximum absolute atomic E-state index is 13.9. The molecule has 1 aromatic rings. The van der Waals surface area contributed by atoms with Gasteiger partial charge in [-0.25, -0.2) is 4.39 Å². The van der Waals surface area contributed by atoms with Crippen LogP contribution in [0.15, 0.2) is 24.3 Å². The number of hydrogen-bond acceptors (Lipinski definition) is 2. The molecule has 0 amide bonds. The van der Waals surface area contributed by atoms with Gasteiger partial charge in [0, 0.05) is 18.1 Å². The lowest BCUT2D eigenvalue weighted by atomic mass is 9.87. The number of likely N-dealkylation sites (N-methyl/N-ethyl adjacent to an activating group) is 1. The summed E-state index contributed by atoms with van der Waals surface area (Å²) in [6.45, 7) is 5.24. The molecule has 0 aromatic heterocycles. The van der Waals surface area contributed by atoms with E-state index < -0.39 is 0 Å².